The minimum absolute atomic E-state index is 0.0456. The van der Waals surface area contributed by atoms with Gasteiger partial charge in [0.05, 0.1) is 12.7 Å². The molecule has 2 aromatic carbocycles. The SMILES string of the molecule is COc1ccc(/C=C(/C#N)C(=O)Nc2cccc(C(F)(F)F)c2)cc1. The maximum Gasteiger partial charge on any atom is 0.416 e. The molecule has 4 nitrogen and oxygen atoms in total. The predicted molar refractivity (Wildman–Crippen MR) is 86.7 cm³/mol. The van der Waals surface area contributed by atoms with Gasteiger partial charge in [0.1, 0.15) is 17.4 Å². The first-order valence-electron chi connectivity index (χ1n) is 7.08. The topological polar surface area (TPSA) is 62.1 Å². The van der Waals surface area contributed by atoms with Gasteiger partial charge < -0.3 is 10.1 Å². The Bertz CT molecular complexity index is 835. The Balaban J connectivity index is 2.20. The zero-order valence-electron chi connectivity index (χ0n) is 13.1. The molecule has 0 unspecified atom stereocenters. The molecule has 0 aliphatic carbocycles. The Morgan fingerprint density at radius 1 is 1.20 bits per heavy atom. The summed E-state index contributed by atoms with van der Waals surface area (Å²) in [7, 11) is 1.51. The Morgan fingerprint density at radius 3 is 2.44 bits per heavy atom. The average molecular weight is 346 g/mol. The highest BCUT2D eigenvalue weighted by atomic mass is 19.4. The quantitative estimate of drug-likeness (QED) is 0.665. The third kappa shape index (κ3) is 4.85. The molecule has 0 aromatic heterocycles. The van der Waals surface area contributed by atoms with E-state index in [9.17, 15) is 18.0 Å². The van der Waals surface area contributed by atoms with E-state index in [-0.39, 0.29) is 11.3 Å². The summed E-state index contributed by atoms with van der Waals surface area (Å²) in [6.07, 6.45) is -3.18. The molecular formula is C18H13F3N2O2. The summed E-state index contributed by atoms with van der Waals surface area (Å²) in [6, 6.07) is 12.5. The van der Waals surface area contributed by atoms with Crippen LogP contribution in [0.25, 0.3) is 6.08 Å². The fourth-order valence-corrected chi connectivity index (χ4v) is 1.99. The van der Waals surface area contributed by atoms with Crippen molar-refractivity contribution < 1.29 is 22.7 Å². The van der Waals surface area contributed by atoms with E-state index in [1.165, 1.54) is 25.3 Å². The minimum atomic E-state index is -4.52. The Morgan fingerprint density at radius 2 is 1.88 bits per heavy atom. The first-order chi connectivity index (χ1) is 11.8. The van der Waals surface area contributed by atoms with Crippen molar-refractivity contribution in [3.8, 4) is 11.8 Å². The largest absolute Gasteiger partial charge is 0.497 e. The molecule has 25 heavy (non-hydrogen) atoms. The number of hydrogen-bond acceptors (Lipinski definition) is 3. The minimum Gasteiger partial charge on any atom is -0.497 e. The number of ether oxygens (including phenoxy) is 1. The van der Waals surface area contributed by atoms with Crippen LogP contribution in [-0.4, -0.2) is 13.0 Å². The number of nitrogens with zero attached hydrogens (tertiary/aromatic N) is 1. The Hall–Kier alpha value is -3.27. The first-order valence-corrected chi connectivity index (χ1v) is 7.08. The van der Waals surface area contributed by atoms with Gasteiger partial charge in [-0.3, -0.25) is 4.79 Å². The molecule has 0 heterocycles. The molecular weight excluding hydrogens is 333 g/mol. The van der Waals surface area contributed by atoms with Crippen molar-refractivity contribution in [2.75, 3.05) is 12.4 Å². The Labute approximate surface area is 142 Å². The van der Waals surface area contributed by atoms with Gasteiger partial charge in [0.2, 0.25) is 0 Å². The highest BCUT2D eigenvalue weighted by Gasteiger charge is 2.30. The molecule has 0 saturated heterocycles. The first kappa shape index (κ1) is 18.1. The highest BCUT2D eigenvalue weighted by Crippen LogP contribution is 2.30. The molecule has 0 radical (unpaired) electrons. The number of anilines is 1. The van der Waals surface area contributed by atoms with E-state index in [1.807, 2.05) is 0 Å². The number of methoxy groups -OCH3 is 1. The van der Waals surface area contributed by atoms with Gasteiger partial charge in [-0.25, -0.2) is 0 Å². The van der Waals surface area contributed by atoms with Gasteiger partial charge in [-0.05, 0) is 42.0 Å². The average Bonchev–Trinajstić information content (AvgIpc) is 2.59. The third-order valence-electron chi connectivity index (χ3n) is 3.24. The van der Waals surface area contributed by atoms with Gasteiger partial charge in [-0.2, -0.15) is 18.4 Å². The molecule has 1 N–H and O–H groups in total. The van der Waals surface area contributed by atoms with Crippen LogP contribution in [0.2, 0.25) is 0 Å². The highest BCUT2D eigenvalue weighted by molar-refractivity contribution is 6.09. The zero-order chi connectivity index (χ0) is 18.4. The number of halogens is 3. The smallest absolute Gasteiger partial charge is 0.416 e. The van der Waals surface area contributed by atoms with Gasteiger partial charge in [-0.1, -0.05) is 18.2 Å². The van der Waals surface area contributed by atoms with Crippen LogP contribution in [0.15, 0.2) is 54.1 Å². The number of nitrogens with one attached hydrogen (secondary N) is 1. The summed E-state index contributed by atoms with van der Waals surface area (Å²) in [5.41, 5.74) is -0.585. The summed E-state index contributed by atoms with van der Waals surface area (Å²) in [6.45, 7) is 0. The predicted octanol–water partition coefficient (Wildman–Crippen LogP) is 4.26. The number of amides is 1. The van der Waals surface area contributed by atoms with Crippen LogP contribution in [0.3, 0.4) is 0 Å². The van der Waals surface area contributed by atoms with Gasteiger partial charge in [0.15, 0.2) is 0 Å². The van der Waals surface area contributed by atoms with E-state index in [2.05, 4.69) is 5.32 Å². The molecule has 0 spiro atoms. The van der Waals surface area contributed by atoms with Gasteiger partial charge in [-0.15, -0.1) is 0 Å². The number of carbonyl (C=O) groups excluding carboxylic acids is 1. The molecule has 0 fully saturated rings. The second-order valence-electron chi connectivity index (χ2n) is 4.98. The van der Waals surface area contributed by atoms with Crippen LogP contribution in [0.1, 0.15) is 11.1 Å². The summed E-state index contributed by atoms with van der Waals surface area (Å²) < 4.78 is 43.1. The normalized spacial score (nSPS) is 11.6. The van der Waals surface area contributed by atoms with Crippen molar-refractivity contribution in [3.63, 3.8) is 0 Å². The lowest BCUT2D eigenvalue weighted by Gasteiger charge is -2.09. The van der Waals surface area contributed by atoms with Crippen LogP contribution < -0.4 is 10.1 Å². The van der Waals surface area contributed by atoms with Crippen molar-refractivity contribution in [1.82, 2.24) is 0 Å². The van der Waals surface area contributed by atoms with E-state index in [0.29, 0.717) is 11.3 Å². The van der Waals surface area contributed by atoms with E-state index >= 15 is 0 Å². The lowest BCUT2D eigenvalue weighted by molar-refractivity contribution is -0.137. The lowest BCUT2D eigenvalue weighted by atomic mass is 10.1. The van der Waals surface area contributed by atoms with Crippen molar-refractivity contribution in [3.05, 3.63) is 65.2 Å². The van der Waals surface area contributed by atoms with E-state index in [0.717, 1.165) is 12.1 Å². The van der Waals surface area contributed by atoms with E-state index < -0.39 is 17.6 Å². The number of nitriles is 1. The number of rotatable bonds is 4. The van der Waals surface area contributed by atoms with Crippen LogP contribution >= 0.6 is 0 Å². The fourth-order valence-electron chi connectivity index (χ4n) is 1.99. The maximum absolute atomic E-state index is 12.7. The molecule has 0 aliphatic rings. The van der Waals surface area contributed by atoms with Crippen LogP contribution in [0.4, 0.5) is 18.9 Å². The summed E-state index contributed by atoms with van der Waals surface area (Å²) in [4.78, 5) is 12.1. The summed E-state index contributed by atoms with van der Waals surface area (Å²) in [5, 5.41) is 11.4. The van der Waals surface area contributed by atoms with E-state index in [4.69, 9.17) is 10.00 Å². The van der Waals surface area contributed by atoms with Crippen molar-refractivity contribution in [2.45, 2.75) is 6.18 Å². The summed E-state index contributed by atoms with van der Waals surface area (Å²) >= 11 is 0. The van der Waals surface area contributed by atoms with Gasteiger partial charge in [0.25, 0.3) is 5.91 Å². The fraction of sp³-hybridized carbons (Fsp3) is 0.111. The molecule has 2 rings (SSSR count). The monoisotopic (exact) mass is 346 g/mol. The van der Waals surface area contributed by atoms with Crippen molar-refractivity contribution in [2.24, 2.45) is 0 Å². The molecule has 0 bridgehead atoms. The number of carbonyl (C=O) groups is 1. The zero-order valence-corrected chi connectivity index (χ0v) is 13.1. The van der Waals surface area contributed by atoms with Gasteiger partial charge >= 0.3 is 6.18 Å². The maximum atomic E-state index is 12.7. The van der Waals surface area contributed by atoms with Gasteiger partial charge in [0, 0.05) is 5.69 Å². The lowest BCUT2D eigenvalue weighted by Crippen LogP contribution is -2.14. The molecule has 0 atom stereocenters. The Kier molecular flexibility index (Phi) is 5.45. The second-order valence-corrected chi connectivity index (χ2v) is 4.98. The molecule has 128 valence electrons. The third-order valence-corrected chi connectivity index (χ3v) is 3.24. The number of alkyl halides is 3. The molecule has 0 saturated carbocycles. The van der Waals surface area contributed by atoms with E-state index in [1.54, 1.807) is 30.3 Å². The number of benzene rings is 2. The van der Waals surface area contributed by atoms with Crippen LogP contribution in [-0.2, 0) is 11.0 Å². The standard InChI is InChI=1S/C18H13F3N2O2/c1-25-16-7-5-12(6-8-16)9-13(11-22)17(24)23-15-4-2-3-14(10-15)18(19,20)21/h2-10H,1H3,(H,23,24)/b13-9-. The summed E-state index contributed by atoms with van der Waals surface area (Å²) in [5.74, 6) is -0.179. The van der Waals surface area contributed by atoms with Crippen LogP contribution in [0.5, 0.6) is 5.75 Å². The molecule has 0 aliphatic heterocycles. The van der Waals surface area contributed by atoms with Crippen molar-refractivity contribution in [1.29, 1.82) is 5.26 Å². The molecule has 2 aromatic rings. The number of hydrogen-bond donors (Lipinski definition) is 1. The molecule has 1 amide bonds. The molecule has 7 heteroatoms. The van der Waals surface area contributed by atoms with Crippen molar-refractivity contribution >= 4 is 17.7 Å². The second kappa shape index (κ2) is 7.53. The van der Waals surface area contributed by atoms with Crippen LogP contribution in [0, 0.1) is 11.3 Å².